The summed E-state index contributed by atoms with van der Waals surface area (Å²) in [4.78, 5) is 25.0. The molecule has 1 aliphatic rings. The van der Waals surface area contributed by atoms with Gasteiger partial charge in [-0.1, -0.05) is 18.2 Å². The Morgan fingerprint density at radius 1 is 1.27 bits per heavy atom. The van der Waals surface area contributed by atoms with Crippen molar-refractivity contribution in [2.45, 2.75) is 26.7 Å². The number of benzene rings is 1. The number of nitrogens with zero attached hydrogens (tertiary/aromatic N) is 1. The van der Waals surface area contributed by atoms with Gasteiger partial charge in [-0.25, -0.2) is 0 Å². The molecule has 0 saturated carbocycles. The van der Waals surface area contributed by atoms with Crippen LogP contribution in [-0.4, -0.2) is 43.0 Å². The number of piperidine rings is 1. The van der Waals surface area contributed by atoms with Crippen LogP contribution in [0.15, 0.2) is 24.3 Å². The fourth-order valence-electron chi connectivity index (χ4n) is 2.62. The van der Waals surface area contributed by atoms with Crippen LogP contribution in [0.2, 0.25) is 0 Å². The largest absolute Gasteiger partial charge is 0.484 e. The van der Waals surface area contributed by atoms with Gasteiger partial charge in [0.1, 0.15) is 5.75 Å². The quantitative estimate of drug-likeness (QED) is 0.901. The van der Waals surface area contributed by atoms with Crippen molar-refractivity contribution in [3.63, 3.8) is 0 Å². The highest BCUT2D eigenvalue weighted by atomic mass is 16.5. The second-order valence-corrected chi connectivity index (χ2v) is 5.81. The number of likely N-dealkylation sites (tertiary alicyclic amines) is 1. The maximum Gasteiger partial charge on any atom is 0.257 e. The first kappa shape index (κ1) is 16.3. The molecule has 1 N–H and O–H groups in total. The number of rotatable bonds is 5. The molecule has 0 aromatic heterocycles. The lowest BCUT2D eigenvalue weighted by Crippen LogP contribution is -2.41. The maximum atomic E-state index is 11.8. The van der Waals surface area contributed by atoms with Gasteiger partial charge in [-0.2, -0.15) is 0 Å². The van der Waals surface area contributed by atoms with Crippen LogP contribution in [0.5, 0.6) is 5.75 Å². The zero-order valence-electron chi connectivity index (χ0n) is 13.3. The van der Waals surface area contributed by atoms with E-state index in [1.807, 2.05) is 36.1 Å². The normalized spacial score (nSPS) is 15.5. The van der Waals surface area contributed by atoms with E-state index in [0.29, 0.717) is 12.5 Å². The number of hydrogen-bond acceptors (Lipinski definition) is 3. The number of hydrogen-bond donors (Lipinski definition) is 1. The Bertz CT molecular complexity index is 522. The summed E-state index contributed by atoms with van der Waals surface area (Å²) in [5.74, 6) is 1.22. The van der Waals surface area contributed by atoms with Crippen LogP contribution in [0.3, 0.4) is 0 Å². The van der Waals surface area contributed by atoms with Gasteiger partial charge in [-0.3, -0.25) is 9.59 Å². The van der Waals surface area contributed by atoms with E-state index in [1.54, 1.807) is 6.92 Å². The number of nitrogens with one attached hydrogen (secondary N) is 1. The predicted octanol–water partition coefficient (Wildman–Crippen LogP) is 1.75. The topological polar surface area (TPSA) is 58.6 Å². The van der Waals surface area contributed by atoms with Crippen molar-refractivity contribution in [3.05, 3.63) is 29.8 Å². The summed E-state index contributed by atoms with van der Waals surface area (Å²) < 4.78 is 5.52. The molecule has 1 fully saturated rings. The summed E-state index contributed by atoms with van der Waals surface area (Å²) in [6.45, 7) is 5.82. The van der Waals surface area contributed by atoms with Gasteiger partial charge in [0, 0.05) is 26.6 Å². The standard InChI is InChI=1S/C17H24N2O3/c1-13-5-3-4-6-16(13)22-12-17(21)18-11-15-7-9-19(10-8-15)14(2)20/h3-6,15H,7-12H2,1-2H3,(H,18,21). The molecule has 0 unspecified atom stereocenters. The smallest absolute Gasteiger partial charge is 0.257 e. The van der Waals surface area contributed by atoms with Gasteiger partial charge in [0.05, 0.1) is 0 Å². The van der Waals surface area contributed by atoms with Crippen molar-refractivity contribution in [2.75, 3.05) is 26.2 Å². The summed E-state index contributed by atoms with van der Waals surface area (Å²) in [6.07, 6.45) is 1.89. The lowest BCUT2D eigenvalue weighted by molar-refractivity contribution is -0.130. The zero-order chi connectivity index (χ0) is 15.9. The van der Waals surface area contributed by atoms with E-state index in [0.717, 1.165) is 37.2 Å². The van der Waals surface area contributed by atoms with Crippen molar-refractivity contribution in [3.8, 4) is 5.75 Å². The van der Waals surface area contributed by atoms with Gasteiger partial charge in [0.25, 0.3) is 5.91 Å². The van der Waals surface area contributed by atoms with E-state index in [-0.39, 0.29) is 18.4 Å². The Kier molecular flexibility index (Phi) is 5.81. The first-order valence-electron chi connectivity index (χ1n) is 7.77. The molecule has 2 amide bonds. The SMILES string of the molecule is CC(=O)N1CCC(CNC(=O)COc2ccccc2C)CC1. The van der Waals surface area contributed by atoms with Gasteiger partial charge in [0.2, 0.25) is 5.91 Å². The molecule has 5 heteroatoms. The van der Waals surface area contributed by atoms with Crippen molar-refractivity contribution in [1.29, 1.82) is 0 Å². The molecule has 0 aliphatic carbocycles. The Labute approximate surface area is 131 Å². The second-order valence-electron chi connectivity index (χ2n) is 5.81. The van der Waals surface area contributed by atoms with E-state index < -0.39 is 0 Å². The molecule has 1 saturated heterocycles. The van der Waals surface area contributed by atoms with Crippen LogP contribution in [0.1, 0.15) is 25.3 Å². The summed E-state index contributed by atoms with van der Waals surface area (Å²) in [5, 5.41) is 2.92. The summed E-state index contributed by atoms with van der Waals surface area (Å²) in [5.41, 5.74) is 1.02. The van der Waals surface area contributed by atoms with Crippen LogP contribution in [0, 0.1) is 12.8 Å². The minimum atomic E-state index is -0.0998. The van der Waals surface area contributed by atoms with Gasteiger partial charge in [-0.15, -0.1) is 0 Å². The van der Waals surface area contributed by atoms with Gasteiger partial charge in [-0.05, 0) is 37.3 Å². The van der Waals surface area contributed by atoms with Crippen LogP contribution < -0.4 is 10.1 Å². The molecular formula is C17H24N2O3. The van der Waals surface area contributed by atoms with Crippen LogP contribution in [-0.2, 0) is 9.59 Å². The van der Waals surface area contributed by atoms with E-state index in [4.69, 9.17) is 4.74 Å². The Morgan fingerprint density at radius 3 is 2.59 bits per heavy atom. The van der Waals surface area contributed by atoms with Crippen molar-refractivity contribution in [2.24, 2.45) is 5.92 Å². The average molecular weight is 304 g/mol. The summed E-state index contributed by atoms with van der Waals surface area (Å²) in [6, 6.07) is 7.65. The average Bonchev–Trinajstić information content (AvgIpc) is 2.52. The minimum Gasteiger partial charge on any atom is -0.484 e. The summed E-state index contributed by atoms with van der Waals surface area (Å²) in [7, 11) is 0. The first-order valence-corrected chi connectivity index (χ1v) is 7.77. The number of ether oxygens (including phenoxy) is 1. The minimum absolute atomic E-state index is 0.0388. The van der Waals surface area contributed by atoms with Gasteiger partial charge in [0.15, 0.2) is 6.61 Å². The number of carbonyl (C=O) groups is 2. The maximum absolute atomic E-state index is 11.8. The van der Waals surface area contributed by atoms with Gasteiger partial charge >= 0.3 is 0 Å². The third-order valence-corrected chi connectivity index (χ3v) is 4.10. The van der Waals surface area contributed by atoms with Crippen molar-refractivity contribution >= 4 is 11.8 Å². The number of para-hydroxylation sites is 1. The molecule has 0 spiro atoms. The van der Waals surface area contributed by atoms with Crippen LogP contribution >= 0.6 is 0 Å². The Morgan fingerprint density at radius 2 is 1.95 bits per heavy atom. The molecule has 0 atom stereocenters. The fourth-order valence-corrected chi connectivity index (χ4v) is 2.62. The second kappa shape index (κ2) is 7.82. The molecule has 1 heterocycles. The first-order chi connectivity index (χ1) is 10.6. The molecule has 1 aromatic carbocycles. The van der Waals surface area contributed by atoms with E-state index in [9.17, 15) is 9.59 Å². The molecule has 0 bridgehead atoms. The molecule has 1 aromatic rings. The highest BCUT2D eigenvalue weighted by Gasteiger charge is 2.20. The molecule has 1 aliphatic heterocycles. The lowest BCUT2D eigenvalue weighted by atomic mass is 9.97. The van der Waals surface area contributed by atoms with E-state index in [2.05, 4.69) is 5.32 Å². The molecule has 5 nitrogen and oxygen atoms in total. The van der Waals surface area contributed by atoms with Crippen LogP contribution in [0.4, 0.5) is 0 Å². The highest BCUT2D eigenvalue weighted by Crippen LogP contribution is 2.17. The van der Waals surface area contributed by atoms with Crippen molar-refractivity contribution < 1.29 is 14.3 Å². The number of carbonyl (C=O) groups excluding carboxylic acids is 2. The molecule has 2 rings (SSSR count). The van der Waals surface area contributed by atoms with Gasteiger partial charge < -0.3 is 15.0 Å². The molecular weight excluding hydrogens is 280 g/mol. The molecule has 22 heavy (non-hydrogen) atoms. The Balaban J connectivity index is 1.66. The Hall–Kier alpha value is -2.04. The third kappa shape index (κ3) is 4.76. The fraction of sp³-hybridized carbons (Fsp3) is 0.529. The zero-order valence-corrected chi connectivity index (χ0v) is 13.3. The lowest BCUT2D eigenvalue weighted by Gasteiger charge is -2.31. The molecule has 0 radical (unpaired) electrons. The molecule has 120 valence electrons. The number of amides is 2. The van der Waals surface area contributed by atoms with Crippen LogP contribution in [0.25, 0.3) is 0 Å². The number of aryl methyl sites for hydroxylation is 1. The summed E-state index contributed by atoms with van der Waals surface area (Å²) >= 11 is 0. The highest BCUT2D eigenvalue weighted by molar-refractivity contribution is 5.77. The van der Waals surface area contributed by atoms with E-state index >= 15 is 0 Å². The monoisotopic (exact) mass is 304 g/mol. The van der Waals surface area contributed by atoms with E-state index in [1.165, 1.54) is 0 Å². The van der Waals surface area contributed by atoms with Crippen molar-refractivity contribution in [1.82, 2.24) is 10.2 Å². The predicted molar refractivity (Wildman–Crippen MR) is 84.7 cm³/mol. The third-order valence-electron chi connectivity index (χ3n) is 4.10.